The van der Waals surface area contributed by atoms with Gasteiger partial charge in [-0.2, -0.15) is 0 Å². The molecule has 0 unspecified atom stereocenters. The van der Waals surface area contributed by atoms with Gasteiger partial charge in [-0.3, -0.25) is 4.98 Å². The predicted octanol–water partition coefficient (Wildman–Crippen LogP) is 3.47. The van der Waals surface area contributed by atoms with Crippen LogP contribution in [0.2, 0.25) is 0 Å². The van der Waals surface area contributed by atoms with E-state index in [9.17, 15) is 9.18 Å². The highest BCUT2D eigenvalue weighted by Gasteiger charge is 2.06. The van der Waals surface area contributed by atoms with E-state index in [1.54, 1.807) is 6.07 Å². The standard InChI is InChI=1S/C12H7BrFNO3/c13-8-2-9(14)4-10(3-8)18-11-1-7(12(16)17)5-15-6-11/h1-6H,(H,16,17). The van der Waals surface area contributed by atoms with Crippen LogP contribution in [0.5, 0.6) is 11.5 Å². The van der Waals surface area contributed by atoms with E-state index < -0.39 is 11.8 Å². The van der Waals surface area contributed by atoms with Gasteiger partial charge in [-0.25, -0.2) is 9.18 Å². The molecule has 18 heavy (non-hydrogen) atoms. The van der Waals surface area contributed by atoms with E-state index in [4.69, 9.17) is 9.84 Å². The second-order valence-corrected chi connectivity index (χ2v) is 4.34. The number of nitrogens with zero attached hydrogens (tertiary/aromatic N) is 1. The SMILES string of the molecule is O=C(O)c1cncc(Oc2cc(F)cc(Br)c2)c1. The molecule has 0 amide bonds. The molecule has 4 nitrogen and oxygen atoms in total. The van der Waals surface area contributed by atoms with Crippen LogP contribution in [0.25, 0.3) is 0 Å². The van der Waals surface area contributed by atoms with Crippen LogP contribution < -0.4 is 4.74 Å². The third-order valence-electron chi connectivity index (χ3n) is 2.03. The third kappa shape index (κ3) is 3.04. The Balaban J connectivity index is 2.28. The van der Waals surface area contributed by atoms with Gasteiger partial charge in [0.25, 0.3) is 0 Å². The van der Waals surface area contributed by atoms with Crippen molar-refractivity contribution < 1.29 is 19.0 Å². The molecule has 0 radical (unpaired) electrons. The Labute approximate surface area is 110 Å². The van der Waals surface area contributed by atoms with Gasteiger partial charge in [-0.15, -0.1) is 0 Å². The van der Waals surface area contributed by atoms with Crippen molar-refractivity contribution in [3.63, 3.8) is 0 Å². The first-order valence-electron chi connectivity index (χ1n) is 4.87. The Morgan fingerprint density at radius 2 is 2.00 bits per heavy atom. The van der Waals surface area contributed by atoms with E-state index in [-0.39, 0.29) is 17.1 Å². The Morgan fingerprint density at radius 3 is 2.67 bits per heavy atom. The lowest BCUT2D eigenvalue weighted by molar-refractivity contribution is 0.0696. The minimum absolute atomic E-state index is 0.00275. The van der Waals surface area contributed by atoms with Crippen LogP contribution in [0.4, 0.5) is 4.39 Å². The van der Waals surface area contributed by atoms with Gasteiger partial charge in [0, 0.05) is 16.7 Å². The number of carboxylic acid groups (broad SMARTS) is 1. The fourth-order valence-electron chi connectivity index (χ4n) is 1.32. The number of aromatic nitrogens is 1. The quantitative estimate of drug-likeness (QED) is 0.943. The van der Waals surface area contributed by atoms with Crippen LogP contribution in [0, 0.1) is 5.82 Å². The van der Waals surface area contributed by atoms with E-state index in [0.717, 1.165) is 0 Å². The summed E-state index contributed by atoms with van der Waals surface area (Å²) in [6.45, 7) is 0. The maximum Gasteiger partial charge on any atom is 0.337 e. The Hall–Kier alpha value is -1.95. The van der Waals surface area contributed by atoms with Crippen molar-refractivity contribution in [1.29, 1.82) is 0 Å². The number of hydrogen-bond donors (Lipinski definition) is 1. The summed E-state index contributed by atoms with van der Waals surface area (Å²) in [5, 5.41) is 8.80. The molecule has 6 heteroatoms. The van der Waals surface area contributed by atoms with Crippen molar-refractivity contribution in [1.82, 2.24) is 4.98 Å². The maximum absolute atomic E-state index is 13.1. The number of hydrogen-bond acceptors (Lipinski definition) is 3. The summed E-state index contributed by atoms with van der Waals surface area (Å²) >= 11 is 3.13. The van der Waals surface area contributed by atoms with E-state index in [0.29, 0.717) is 4.47 Å². The highest BCUT2D eigenvalue weighted by molar-refractivity contribution is 9.10. The van der Waals surface area contributed by atoms with Crippen LogP contribution in [-0.4, -0.2) is 16.1 Å². The van der Waals surface area contributed by atoms with Gasteiger partial charge in [0.1, 0.15) is 17.3 Å². The highest BCUT2D eigenvalue weighted by Crippen LogP contribution is 2.25. The molecule has 2 rings (SSSR count). The van der Waals surface area contributed by atoms with Crippen LogP contribution in [0.1, 0.15) is 10.4 Å². The fraction of sp³-hybridized carbons (Fsp3) is 0. The molecule has 0 fully saturated rings. The summed E-state index contributed by atoms with van der Waals surface area (Å²) in [6.07, 6.45) is 2.56. The van der Waals surface area contributed by atoms with Gasteiger partial charge in [0.2, 0.25) is 0 Å². The zero-order chi connectivity index (χ0) is 13.1. The van der Waals surface area contributed by atoms with Crippen LogP contribution in [0.15, 0.2) is 41.1 Å². The lowest BCUT2D eigenvalue weighted by Crippen LogP contribution is -1.97. The number of carboxylic acids is 1. The van der Waals surface area contributed by atoms with Crippen molar-refractivity contribution >= 4 is 21.9 Å². The number of pyridine rings is 1. The van der Waals surface area contributed by atoms with Gasteiger partial charge in [0.05, 0.1) is 11.8 Å². The molecule has 1 N–H and O–H groups in total. The molecule has 0 bridgehead atoms. The molecule has 0 saturated heterocycles. The lowest BCUT2D eigenvalue weighted by Gasteiger charge is -2.06. The van der Waals surface area contributed by atoms with E-state index in [1.165, 1.54) is 30.6 Å². The summed E-state index contributed by atoms with van der Waals surface area (Å²) < 4.78 is 19.0. The van der Waals surface area contributed by atoms with E-state index >= 15 is 0 Å². The minimum atomic E-state index is -1.10. The number of benzene rings is 1. The van der Waals surface area contributed by atoms with E-state index in [2.05, 4.69) is 20.9 Å². The summed E-state index contributed by atoms with van der Waals surface area (Å²) in [5.74, 6) is -1.08. The van der Waals surface area contributed by atoms with Gasteiger partial charge >= 0.3 is 5.97 Å². The minimum Gasteiger partial charge on any atom is -0.478 e. The topological polar surface area (TPSA) is 59.4 Å². The van der Waals surface area contributed by atoms with Gasteiger partial charge in [-0.1, -0.05) is 15.9 Å². The molecule has 0 aliphatic rings. The molecule has 1 heterocycles. The molecular weight excluding hydrogens is 305 g/mol. The molecule has 2 aromatic rings. The Morgan fingerprint density at radius 1 is 1.22 bits per heavy atom. The van der Waals surface area contributed by atoms with Crippen molar-refractivity contribution in [2.75, 3.05) is 0 Å². The number of carbonyl (C=O) groups is 1. The fourth-order valence-corrected chi connectivity index (χ4v) is 1.76. The number of halogens is 2. The van der Waals surface area contributed by atoms with Crippen LogP contribution >= 0.6 is 15.9 Å². The molecule has 0 aliphatic carbocycles. The highest BCUT2D eigenvalue weighted by atomic mass is 79.9. The molecule has 0 aliphatic heterocycles. The average Bonchev–Trinajstić information content (AvgIpc) is 2.27. The lowest BCUT2D eigenvalue weighted by atomic mass is 10.3. The normalized spacial score (nSPS) is 10.1. The smallest absolute Gasteiger partial charge is 0.337 e. The molecule has 1 aromatic heterocycles. The van der Waals surface area contributed by atoms with Gasteiger partial charge in [-0.05, 0) is 18.2 Å². The molecule has 1 aromatic carbocycles. The molecule has 0 spiro atoms. The van der Waals surface area contributed by atoms with E-state index in [1.807, 2.05) is 0 Å². The van der Waals surface area contributed by atoms with Crippen LogP contribution in [-0.2, 0) is 0 Å². The second-order valence-electron chi connectivity index (χ2n) is 3.42. The summed E-state index contributed by atoms with van der Waals surface area (Å²) in [7, 11) is 0. The molecule has 0 saturated carbocycles. The van der Waals surface area contributed by atoms with Gasteiger partial charge in [0.15, 0.2) is 0 Å². The molecule has 92 valence electrons. The maximum atomic E-state index is 13.1. The first-order valence-corrected chi connectivity index (χ1v) is 5.66. The average molecular weight is 312 g/mol. The summed E-state index contributed by atoms with van der Waals surface area (Å²) in [6, 6.07) is 5.36. The van der Waals surface area contributed by atoms with Crippen molar-refractivity contribution in [2.24, 2.45) is 0 Å². The van der Waals surface area contributed by atoms with Crippen molar-refractivity contribution in [3.05, 3.63) is 52.5 Å². The zero-order valence-electron chi connectivity index (χ0n) is 8.93. The number of aromatic carboxylic acids is 1. The largest absolute Gasteiger partial charge is 0.478 e. The number of ether oxygens (including phenoxy) is 1. The second kappa shape index (κ2) is 5.14. The Kier molecular flexibility index (Phi) is 3.57. The summed E-state index contributed by atoms with van der Waals surface area (Å²) in [4.78, 5) is 14.5. The molecule has 0 atom stereocenters. The molecular formula is C12H7BrFNO3. The Bertz CT molecular complexity index is 583. The zero-order valence-corrected chi connectivity index (χ0v) is 10.5. The predicted molar refractivity (Wildman–Crippen MR) is 65.4 cm³/mol. The summed E-state index contributed by atoms with van der Waals surface area (Å²) in [5.41, 5.74) is 0.00275. The van der Waals surface area contributed by atoms with Crippen LogP contribution in [0.3, 0.4) is 0 Å². The van der Waals surface area contributed by atoms with Gasteiger partial charge < -0.3 is 9.84 Å². The van der Waals surface area contributed by atoms with Crippen molar-refractivity contribution in [2.45, 2.75) is 0 Å². The van der Waals surface area contributed by atoms with Crippen molar-refractivity contribution in [3.8, 4) is 11.5 Å². The third-order valence-corrected chi connectivity index (χ3v) is 2.49. The number of rotatable bonds is 3. The first-order chi connectivity index (χ1) is 8.54. The first kappa shape index (κ1) is 12.5. The monoisotopic (exact) mass is 311 g/mol.